The molecular formula is H3NO8. The minimum atomic E-state index is 1.37. The van der Waals surface area contributed by atoms with Gasteiger partial charge in [-0.15, -0.1) is 0 Å². The lowest BCUT2D eigenvalue weighted by molar-refractivity contribution is -0.705. The Kier molecular flexibility index (Phi) is 7.33. The summed E-state index contributed by atoms with van der Waals surface area (Å²) in [5.41, 5.74) is 1.37. The zero-order chi connectivity index (χ0) is 6.95. The zero-order valence-electron chi connectivity index (χ0n) is 3.84. The fourth-order valence-electron chi connectivity index (χ4n) is 0.0721. The van der Waals surface area contributed by atoms with E-state index in [9.17, 15) is 0 Å². The molecule has 0 saturated heterocycles. The molecule has 0 fully saturated rings. The Morgan fingerprint density at radius 2 is 1.33 bits per heavy atom. The molecule has 0 amide bonds. The van der Waals surface area contributed by atoms with Crippen LogP contribution in [0.1, 0.15) is 0 Å². The zero-order valence-corrected chi connectivity index (χ0v) is 3.84. The van der Waals surface area contributed by atoms with Crippen LogP contribution in [-0.4, -0.2) is 10.5 Å². The van der Waals surface area contributed by atoms with Gasteiger partial charge in [-0.2, -0.15) is 0 Å². The molecule has 0 saturated carbocycles. The van der Waals surface area contributed by atoms with Crippen molar-refractivity contribution in [1.82, 2.24) is 5.64 Å². The summed E-state index contributed by atoms with van der Waals surface area (Å²) >= 11 is 0. The molecule has 0 aliphatic carbocycles. The third-order valence-corrected chi connectivity index (χ3v) is 0.197. The van der Waals surface area contributed by atoms with E-state index in [0.717, 1.165) is 0 Å². The number of hydrogen-bond acceptors (Lipinski definition) is 9. The standard InChI is InChI=1S/H3NO8/c2-6-8-4-1-5-9-7-3/h1-3H. The Morgan fingerprint density at radius 3 is 1.67 bits per heavy atom. The van der Waals surface area contributed by atoms with Gasteiger partial charge in [0.2, 0.25) is 0 Å². The fourth-order valence-corrected chi connectivity index (χ4v) is 0.0721. The second kappa shape index (κ2) is 7.64. The van der Waals surface area contributed by atoms with Crippen LogP contribution in [0.15, 0.2) is 0 Å². The third kappa shape index (κ3) is 7.64. The first kappa shape index (κ1) is 8.64. The summed E-state index contributed by atoms with van der Waals surface area (Å²) in [4.78, 5) is 7.05. The molecule has 0 unspecified atom stereocenters. The Morgan fingerprint density at radius 1 is 0.889 bits per heavy atom. The summed E-state index contributed by atoms with van der Waals surface area (Å²) < 4.78 is 0. The topological polar surface area (TPSA) is 108 Å². The summed E-state index contributed by atoms with van der Waals surface area (Å²) in [5, 5.41) is 27.1. The van der Waals surface area contributed by atoms with Crippen molar-refractivity contribution in [1.29, 1.82) is 0 Å². The molecule has 0 atom stereocenters. The van der Waals surface area contributed by atoms with Crippen molar-refractivity contribution in [3.8, 4) is 0 Å². The molecule has 56 valence electrons. The molecule has 0 bridgehead atoms. The van der Waals surface area contributed by atoms with Gasteiger partial charge in [0.25, 0.3) is 0 Å². The van der Waals surface area contributed by atoms with Gasteiger partial charge in [0, 0.05) is 0 Å². The molecule has 0 aromatic carbocycles. The van der Waals surface area contributed by atoms with Crippen LogP contribution in [-0.2, 0) is 30.1 Å². The van der Waals surface area contributed by atoms with E-state index in [0.29, 0.717) is 0 Å². The maximum Gasteiger partial charge on any atom is -0.00791 e. The number of rotatable bonds is 6. The molecule has 0 aliphatic rings. The van der Waals surface area contributed by atoms with Gasteiger partial charge in [0.05, 0.1) is 0 Å². The van der Waals surface area contributed by atoms with Crippen LogP contribution in [0.2, 0.25) is 0 Å². The van der Waals surface area contributed by atoms with E-state index in [4.69, 9.17) is 10.5 Å². The molecule has 0 spiro atoms. The normalized spacial score (nSPS) is 10.0. The first-order chi connectivity index (χ1) is 4.41. The molecule has 9 nitrogen and oxygen atoms in total. The van der Waals surface area contributed by atoms with Gasteiger partial charge in [-0.1, -0.05) is 9.98 Å². The average Bonchev–Trinajstić information content (AvgIpc) is 1.89. The molecule has 0 rings (SSSR count). The van der Waals surface area contributed by atoms with Crippen LogP contribution in [0, 0.1) is 0 Å². The van der Waals surface area contributed by atoms with Crippen molar-refractivity contribution in [2.45, 2.75) is 0 Å². The highest BCUT2D eigenvalue weighted by Gasteiger charge is 1.86. The maximum absolute atomic E-state index is 7.36. The molecule has 9 heavy (non-hydrogen) atoms. The second-order valence-corrected chi connectivity index (χ2v) is 0.535. The predicted octanol–water partition coefficient (Wildman–Crippen LogP) is -0.888. The lowest BCUT2D eigenvalue weighted by Gasteiger charge is -1.95. The van der Waals surface area contributed by atoms with Crippen molar-refractivity contribution in [3.63, 3.8) is 0 Å². The van der Waals surface area contributed by atoms with Crippen LogP contribution >= 0.6 is 0 Å². The lowest BCUT2D eigenvalue weighted by Crippen LogP contribution is -2.15. The van der Waals surface area contributed by atoms with Crippen molar-refractivity contribution in [2.75, 3.05) is 0 Å². The minimum absolute atomic E-state index is 1.37. The van der Waals surface area contributed by atoms with E-state index in [-0.39, 0.29) is 0 Å². The summed E-state index contributed by atoms with van der Waals surface area (Å²) in [7, 11) is 0. The van der Waals surface area contributed by atoms with Gasteiger partial charge in [0.15, 0.2) is 0 Å². The molecule has 0 heterocycles. The van der Waals surface area contributed by atoms with Crippen molar-refractivity contribution >= 4 is 0 Å². The second-order valence-electron chi connectivity index (χ2n) is 0.535. The van der Waals surface area contributed by atoms with Crippen molar-refractivity contribution < 1.29 is 40.6 Å². The molecule has 0 aromatic heterocycles. The molecule has 0 aliphatic heterocycles. The molecule has 9 heteroatoms. The van der Waals surface area contributed by atoms with Gasteiger partial charge in [0.1, 0.15) is 0 Å². The summed E-state index contributed by atoms with van der Waals surface area (Å²) in [6.07, 6.45) is 0. The van der Waals surface area contributed by atoms with E-state index in [2.05, 4.69) is 30.1 Å². The van der Waals surface area contributed by atoms with Crippen LogP contribution in [0.3, 0.4) is 0 Å². The third-order valence-electron chi connectivity index (χ3n) is 0.197. The lowest BCUT2D eigenvalue weighted by atomic mass is 13.2. The SMILES string of the molecule is OOOONOOOO. The number of nitrogens with one attached hydrogen (secondary N) is 1. The van der Waals surface area contributed by atoms with Gasteiger partial charge in [-0.3, -0.25) is 0 Å². The Hall–Kier alpha value is -0.360. The van der Waals surface area contributed by atoms with E-state index >= 15 is 0 Å². The Labute approximate surface area is 47.7 Å². The van der Waals surface area contributed by atoms with E-state index in [1.54, 1.807) is 0 Å². The molecule has 0 aromatic rings. The highest BCUT2D eigenvalue weighted by atomic mass is 17.7. The minimum Gasteiger partial charge on any atom is -0.219 e. The van der Waals surface area contributed by atoms with Gasteiger partial charge in [-0.25, -0.2) is 10.5 Å². The molecular weight excluding hydrogens is 142 g/mol. The van der Waals surface area contributed by atoms with Gasteiger partial charge < -0.3 is 0 Å². The van der Waals surface area contributed by atoms with Gasteiger partial charge >= 0.3 is 0 Å². The predicted molar refractivity (Wildman–Crippen MR) is 14.9 cm³/mol. The van der Waals surface area contributed by atoms with E-state index in [1.165, 1.54) is 5.64 Å². The van der Waals surface area contributed by atoms with Crippen LogP contribution in [0.25, 0.3) is 0 Å². The first-order valence-electron chi connectivity index (χ1n) is 1.44. The van der Waals surface area contributed by atoms with E-state index in [1.807, 2.05) is 0 Å². The van der Waals surface area contributed by atoms with Crippen LogP contribution in [0.4, 0.5) is 0 Å². The fraction of sp³-hybridized carbons (Fsp3) is 0. The Balaban J connectivity index is 2.60. The van der Waals surface area contributed by atoms with Crippen LogP contribution in [0.5, 0.6) is 0 Å². The van der Waals surface area contributed by atoms with Crippen molar-refractivity contribution in [2.24, 2.45) is 0 Å². The highest BCUT2D eigenvalue weighted by Crippen LogP contribution is 1.73. The largest absolute Gasteiger partial charge is 0.219 e. The van der Waals surface area contributed by atoms with Crippen LogP contribution < -0.4 is 5.64 Å². The van der Waals surface area contributed by atoms with E-state index < -0.39 is 0 Å². The number of hydrogen-bond donors (Lipinski definition) is 3. The quantitative estimate of drug-likeness (QED) is 0.249. The van der Waals surface area contributed by atoms with Gasteiger partial charge in [-0.05, 0) is 25.8 Å². The first-order valence-corrected chi connectivity index (χ1v) is 1.44. The smallest absolute Gasteiger partial charge is 0.00791 e. The summed E-state index contributed by atoms with van der Waals surface area (Å²) in [6.45, 7) is 0. The highest BCUT2D eigenvalue weighted by molar-refractivity contribution is 3.36. The van der Waals surface area contributed by atoms with Crippen molar-refractivity contribution in [3.05, 3.63) is 0 Å². The summed E-state index contributed by atoms with van der Waals surface area (Å²) in [6, 6.07) is 0. The average molecular weight is 145 g/mol. The molecule has 3 N–H and O–H groups in total. The monoisotopic (exact) mass is 145 g/mol. The molecule has 0 radical (unpaired) electrons. The maximum atomic E-state index is 7.36. The Bertz CT molecular complexity index is 37.8. The summed E-state index contributed by atoms with van der Waals surface area (Å²) in [5.74, 6) is 0.